The van der Waals surface area contributed by atoms with Crippen LogP contribution in [0.5, 0.6) is 0 Å². The third-order valence-electron chi connectivity index (χ3n) is 4.26. The summed E-state index contributed by atoms with van der Waals surface area (Å²) in [4.78, 5) is 15.1. The second-order valence-electron chi connectivity index (χ2n) is 6.17. The van der Waals surface area contributed by atoms with Crippen LogP contribution in [-0.4, -0.2) is 33.6 Å². The van der Waals surface area contributed by atoms with Gasteiger partial charge in [-0.3, -0.25) is 0 Å². The SMILES string of the molecule is CCNC(=NCc1nc(C)c(C)s1)NCCn1c(C)nc2ccccc21. The summed E-state index contributed by atoms with van der Waals surface area (Å²) < 4.78 is 2.24. The molecule has 2 heterocycles. The molecule has 3 rings (SSSR count). The molecule has 0 aliphatic rings. The zero-order valence-corrected chi connectivity index (χ0v) is 16.7. The molecule has 0 radical (unpaired) electrons. The number of nitrogens with one attached hydrogen (secondary N) is 2. The van der Waals surface area contributed by atoms with E-state index in [9.17, 15) is 0 Å². The van der Waals surface area contributed by atoms with E-state index in [1.54, 1.807) is 11.3 Å². The zero-order valence-electron chi connectivity index (χ0n) is 15.8. The highest BCUT2D eigenvalue weighted by atomic mass is 32.1. The van der Waals surface area contributed by atoms with Crippen LogP contribution < -0.4 is 10.6 Å². The maximum absolute atomic E-state index is 4.66. The first-order valence-corrected chi connectivity index (χ1v) is 9.77. The molecule has 0 atom stereocenters. The molecule has 0 aliphatic carbocycles. The van der Waals surface area contributed by atoms with E-state index in [1.165, 1.54) is 10.4 Å². The lowest BCUT2D eigenvalue weighted by Gasteiger charge is -2.12. The van der Waals surface area contributed by atoms with Crippen molar-refractivity contribution in [2.24, 2.45) is 4.99 Å². The number of benzene rings is 1. The van der Waals surface area contributed by atoms with Crippen molar-refractivity contribution in [1.29, 1.82) is 0 Å². The minimum atomic E-state index is 0.599. The van der Waals surface area contributed by atoms with Crippen LogP contribution in [0.15, 0.2) is 29.3 Å². The standard InChI is InChI=1S/C19H26N6S/c1-5-20-19(22-12-18-23-13(2)14(3)26-18)21-10-11-25-15(4)24-16-8-6-7-9-17(16)25/h6-9H,5,10-12H2,1-4H3,(H2,20,21,22). The normalized spacial score (nSPS) is 11.9. The molecule has 1 aromatic carbocycles. The van der Waals surface area contributed by atoms with Crippen molar-refractivity contribution >= 4 is 28.3 Å². The fourth-order valence-electron chi connectivity index (χ4n) is 2.86. The van der Waals surface area contributed by atoms with Gasteiger partial charge in [-0.25, -0.2) is 15.0 Å². The van der Waals surface area contributed by atoms with Gasteiger partial charge in [0.15, 0.2) is 5.96 Å². The molecule has 0 bridgehead atoms. The van der Waals surface area contributed by atoms with Crippen molar-refractivity contribution < 1.29 is 0 Å². The minimum Gasteiger partial charge on any atom is -0.357 e. The first-order valence-electron chi connectivity index (χ1n) is 8.95. The summed E-state index contributed by atoms with van der Waals surface area (Å²) in [6.45, 7) is 11.3. The van der Waals surface area contributed by atoms with Gasteiger partial charge >= 0.3 is 0 Å². The van der Waals surface area contributed by atoms with Gasteiger partial charge in [0, 0.05) is 24.5 Å². The van der Waals surface area contributed by atoms with Gasteiger partial charge in [-0.15, -0.1) is 11.3 Å². The maximum Gasteiger partial charge on any atom is 0.191 e. The molecule has 0 spiro atoms. The van der Waals surface area contributed by atoms with Crippen molar-refractivity contribution in [2.75, 3.05) is 13.1 Å². The van der Waals surface area contributed by atoms with Gasteiger partial charge in [-0.2, -0.15) is 0 Å². The number of hydrogen-bond donors (Lipinski definition) is 2. The number of thiazole rings is 1. The van der Waals surface area contributed by atoms with Gasteiger partial charge in [0.05, 0.1) is 23.3 Å². The highest BCUT2D eigenvalue weighted by molar-refractivity contribution is 7.11. The Morgan fingerprint density at radius 1 is 1.15 bits per heavy atom. The fraction of sp³-hybridized carbons (Fsp3) is 0.421. The summed E-state index contributed by atoms with van der Waals surface area (Å²) in [5.41, 5.74) is 3.31. The minimum absolute atomic E-state index is 0.599. The summed E-state index contributed by atoms with van der Waals surface area (Å²) >= 11 is 1.71. The van der Waals surface area contributed by atoms with Gasteiger partial charge < -0.3 is 15.2 Å². The number of guanidine groups is 1. The number of aryl methyl sites for hydroxylation is 3. The molecule has 138 valence electrons. The predicted molar refractivity (Wildman–Crippen MR) is 109 cm³/mol. The summed E-state index contributed by atoms with van der Waals surface area (Å²) in [6, 6.07) is 8.24. The number of hydrogen-bond acceptors (Lipinski definition) is 4. The highest BCUT2D eigenvalue weighted by Gasteiger charge is 2.07. The van der Waals surface area contributed by atoms with E-state index in [0.29, 0.717) is 6.54 Å². The first kappa shape index (κ1) is 18.4. The molecule has 3 aromatic rings. The molecule has 0 unspecified atom stereocenters. The molecule has 2 N–H and O–H groups in total. The van der Waals surface area contributed by atoms with Crippen molar-refractivity contribution in [3.63, 3.8) is 0 Å². The van der Waals surface area contributed by atoms with E-state index in [0.717, 1.165) is 47.6 Å². The summed E-state index contributed by atoms with van der Waals surface area (Å²) in [6.07, 6.45) is 0. The largest absolute Gasteiger partial charge is 0.357 e. The smallest absolute Gasteiger partial charge is 0.191 e. The van der Waals surface area contributed by atoms with Crippen LogP contribution in [0.25, 0.3) is 11.0 Å². The van der Waals surface area contributed by atoms with Crippen LogP contribution in [-0.2, 0) is 13.1 Å². The van der Waals surface area contributed by atoms with Crippen molar-refractivity contribution in [3.05, 3.63) is 45.7 Å². The number of nitrogens with zero attached hydrogens (tertiary/aromatic N) is 4. The topological polar surface area (TPSA) is 67.1 Å². The second-order valence-corrected chi connectivity index (χ2v) is 7.46. The second kappa shape index (κ2) is 8.31. The predicted octanol–water partition coefficient (Wildman–Crippen LogP) is 3.17. The summed E-state index contributed by atoms with van der Waals surface area (Å²) in [5, 5.41) is 7.76. The Balaban J connectivity index is 1.63. The monoisotopic (exact) mass is 370 g/mol. The van der Waals surface area contributed by atoms with E-state index in [4.69, 9.17) is 0 Å². The Morgan fingerprint density at radius 2 is 1.96 bits per heavy atom. The number of imidazole rings is 1. The Morgan fingerprint density at radius 3 is 2.69 bits per heavy atom. The third-order valence-corrected chi connectivity index (χ3v) is 5.32. The lowest BCUT2D eigenvalue weighted by Crippen LogP contribution is -2.38. The van der Waals surface area contributed by atoms with Crippen molar-refractivity contribution in [1.82, 2.24) is 25.2 Å². The van der Waals surface area contributed by atoms with Crippen LogP contribution in [0.3, 0.4) is 0 Å². The van der Waals surface area contributed by atoms with Crippen LogP contribution in [0.1, 0.15) is 28.3 Å². The third kappa shape index (κ3) is 4.22. The molecule has 0 saturated carbocycles. The first-order chi connectivity index (χ1) is 12.6. The Bertz CT molecular complexity index is 889. The van der Waals surface area contributed by atoms with Gasteiger partial charge in [0.2, 0.25) is 0 Å². The number of rotatable bonds is 6. The van der Waals surface area contributed by atoms with Crippen LogP contribution in [0, 0.1) is 20.8 Å². The quantitative estimate of drug-likeness (QED) is 0.517. The fourth-order valence-corrected chi connectivity index (χ4v) is 3.72. The van der Waals surface area contributed by atoms with E-state index in [1.807, 2.05) is 19.9 Å². The molecular weight excluding hydrogens is 344 g/mol. The van der Waals surface area contributed by atoms with Crippen molar-refractivity contribution in [2.45, 2.75) is 40.8 Å². The highest BCUT2D eigenvalue weighted by Crippen LogP contribution is 2.17. The van der Waals surface area contributed by atoms with Crippen LogP contribution in [0.4, 0.5) is 0 Å². The number of para-hydroxylation sites is 2. The van der Waals surface area contributed by atoms with Crippen LogP contribution >= 0.6 is 11.3 Å². The number of fused-ring (bicyclic) bond motifs is 1. The molecule has 0 aliphatic heterocycles. The number of aliphatic imine (C=N–C) groups is 1. The lowest BCUT2D eigenvalue weighted by molar-refractivity contribution is 0.660. The molecule has 0 fully saturated rings. The molecule has 2 aromatic heterocycles. The van der Waals surface area contributed by atoms with Gasteiger partial charge in [0.25, 0.3) is 0 Å². The molecule has 7 heteroatoms. The zero-order chi connectivity index (χ0) is 18.5. The van der Waals surface area contributed by atoms with Gasteiger partial charge in [-0.1, -0.05) is 12.1 Å². The number of aromatic nitrogens is 3. The van der Waals surface area contributed by atoms with Crippen LogP contribution in [0.2, 0.25) is 0 Å². The van der Waals surface area contributed by atoms with E-state index < -0.39 is 0 Å². The van der Waals surface area contributed by atoms with Gasteiger partial charge in [-0.05, 0) is 39.8 Å². The summed E-state index contributed by atoms with van der Waals surface area (Å²) in [5.74, 6) is 1.85. The Labute approximate surface area is 158 Å². The average molecular weight is 371 g/mol. The average Bonchev–Trinajstić information content (AvgIpc) is 3.11. The van der Waals surface area contributed by atoms with E-state index >= 15 is 0 Å². The Kier molecular flexibility index (Phi) is 5.88. The molecule has 0 saturated heterocycles. The van der Waals surface area contributed by atoms with Gasteiger partial charge in [0.1, 0.15) is 10.8 Å². The van der Waals surface area contributed by atoms with E-state index in [-0.39, 0.29) is 0 Å². The Hall–Kier alpha value is -2.41. The molecule has 0 amide bonds. The molecular formula is C19H26N6S. The lowest BCUT2D eigenvalue weighted by atomic mass is 10.3. The maximum atomic E-state index is 4.66. The molecule has 6 nitrogen and oxygen atoms in total. The van der Waals surface area contributed by atoms with E-state index in [2.05, 4.69) is 62.2 Å². The van der Waals surface area contributed by atoms with Crippen molar-refractivity contribution in [3.8, 4) is 0 Å². The molecule has 26 heavy (non-hydrogen) atoms. The summed E-state index contributed by atoms with van der Waals surface area (Å²) in [7, 11) is 0.